The standard InChI is InChI=1S/C9H13BrClN3O/c1-5(3-6(2)15)13-8-7(10)4-12-9(11)14-8/h4-6,15H,3H2,1-2H3,(H,12,13,14). The van der Waals surface area contributed by atoms with Crippen molar-refractivity contribution in [3.8, 4) is 0 Å². The summed E-state index contributed by atoms with van der Waals surface area (Å²) in [6.07, 6.45) is 1.89. The van der Waals surface area contributed by atoms with Crippen LogP contribution in [0.2, 0.25) is 5.28 Å². The highest BCUT2D eigenvalue weighted by Gasteiger charge is 2.09. The van der Waals surface area contributed by atoms with Gasteiger partial charge in [-0.3, -0.25) is 0 Å². The minimum atomic E-state index is -0.344. The van der Waals surface area contributed by atoms with E-state index in [9.17, 15) is 5.11 Å². The van der Waals surface area contributed by atoms with E-state index in [2.05, 4.69) is 31.2 Å². The third-order valence-electron chi connectivity index (χ3n) is 1.79. The fourth-order valence-electron chi connectivity index (χ4n) is 1.25. The van der Waals surface area contributed by atoms with E-state index < -0.39 is 0 Å². The summed E-state index contributed by atoms with van der Waals surface area (Å²) in [7, 11) is 0. The third kappa shape index (κ3) is 4.32. The van der Waals surface area contributed by atoms with Crippen molar-refractivity contribution in [2.45, 2.75) is 32.4 Å². The summed E-state index contributed by atoms with van der Waals surface area (Å²) >= 11 is 8.99. The van der Waals surface area contributed by atoms with Crippen LogP contribution in [0, 0.1) is 0 Å². The maximum Gasteiger partial charge on any atom is 0.224 e. The van der Waals surface area contributed by atoms with E-state index in [1.807, 2.05) is 6.92 Å². The van der Waals surface area contributed by atoms with Crippen molar-refractivity contribution in [2.75, 3.05) is 5.32 Å². The number of hydrogen-bond acceptors (Lipinski definition) is 4. The van der Waals surface area contributed by atoms with Crippen molar-refractivity contribution >= 4 is 33.3 Å². The van der Waals surface area contributed by atoms with Crippen LogP contribution in [0.4, 0.5) is 5.82 Å². The van der Waals surface area contributed by atoms with Gasteiger partial charge in [0, 0.05) is 12.2 Å². The Bertz CT molecular complexity index is 335. The van der Waals surface area contributed by atoms with Crippen LogP contribution < -0.4 is 5.32 Å². The first-order chi connectivity index (χ1) is 6.99. The van der Waals surface area contributed by atoms with E-state index in [0.29, 0.717) is 12.2 Å². The fraction of sp³-hybridized carbons (Fsp3) is 0.556. The van der Waals surface area contributed by atoms with Gasteiger partial charge in [0.1, 0.15) is 5.82 Å². The molecular formula is C9H13BrClN3O. The molecule has 0 amide bonds. The van der Waals surface area contributed by atoms with Gasteiger partial charge in [0.25, 0.3) is 0 Å². The lowest BCUT2D eigenvalue weighted by atomic mass is 10.1. The SMILES string of the molecule is CC(O)CC(C)Nc1nc(Cl)ncc1Br. The summed E-state index contributed by atoms with van der Waals surface area (Å²) in [5.74, 6) is 0.642. The van der Waals surface area contributed by atoms with Crippen molar-refractivity contribution in [2.24, 2.45) is 0 Å². The lowest BCUT2D eigenvalue weighted by molar-refractivity contribution is 0.179. The van der Waals surface area contributed by atoms with Crippen LogP contribution in [0.25, 0.3) is 0 Å². The molecule has 0 saturated heterocycles. The van der Waals surface area contributed by atoms with Gasteiger partial charge >= 0.3 is 0 Å². The van der Waals surface area contributed by atoms with E-state index in [-0.39, 0.29) is 17.4 Å². The number of nitrogens with one attached hydrogen (secondary N) is 1. The molecular weight excluding hydrogens is 281 g/mol. The lowest BCUT2D eigenvalue weighted by Crippen LogP contribution is -2.21. The second-order valence-electron chi connectivity index (χ2n) is 3.47. The molecule has 0 aromatic carbocycles. The topological polar surface area (TPSA) is 58.0 Å². The normalized spacial score (nSPS) is 14.7. The van der Waals surface area contributed by atoms with Crippen LogP contribution >= 0.6 is 27.5 Å². The van der Waals surface area contributed by atoms with Gasteiger partial charge in [0.15, 0.2) is 0 Å². The average Bonchev–Trinajstić information content (AvgIpc) is 2.10. The van der Waals surface area contributed by atoms with Crippen molar-refractivity contribution in [1.29, 1.82) is 0 Å². The summed E-state index contributed by atoms with van der Waals surface area (Å²) in [5.41, 5.74) is 0. The van der Waals surface area contributed by atoms with Gasteiger partial charge in [0.05, 0.1) is 10.6 Å². The van der Waals surface area contributed by atoms with Crippen LogP contribution in [0.5, 0.6) is 0 Å². The number of rotatable bonds is 4. The van der Waals surface area contributed by atoms with E-state index in [1.165, 1.54) is 0 Å². The molecule has 2 N–H and O–H groups in total. The Morgan fingerprint density at radius 3 is 2.87 bits per heavy atom. The molecule has 2 atom stereocenters. The number of aliphatic hydroxyl groups is 1. The number of anilines is 1. The number of aliphatic hydroxyl groups excluding tert-OH is 1. The van der Waals surface area contributed by atoms with Gasteiger partial charge in [-0.1, -0.05) is 0 Å². The first-order valence-electron chi connectivity index (χ1n) is 4.61. The molecule has 1 aromatic rings. The molecule has 15 heavy (non-hydrogen) atoms. The summed E-state index contributed by atoms with van der Waals surface area (Å²) in [5, 5.41) is 12.6. The molecule has 0 saturated carbocycles. The van der Waals surface area contributed by atoms with E-state index in [0.717, 1.165) is 4.47 Å². The molecule has 0 bridgehead atoms. The maximum absolute atomic E-state index is 9.21. The number of halogens is 2. The Morgan fingerprint density at radius 2 is 2.27 bits per heavy atom. The minimum absolute atomic E-state index is 0.118. The molecule has 84 valence electrons. The van der Waals surface area contributed by atoms with Crippen molar-refractivity contribution < 1.29 is 5.11 Å². The van der Waals surface area contributed by atoms with Crippen molar-refractivity contribution in [3.05, 3.63) is 16.0 Å². The Morgan fingerprint density at radius 1 is 1.60 bits per heavy atom. The second-order valence-corrected chi connectivity index (χ2v) is 4.66. The highest BCUT2D eigenvalue weighted by atomic mass is 79.9. The van der Waals surface area contributed by atoms with E-state index in [1.54, 1.807) is 13.1 Å². The summed E-state index contributed by atoms with van der Waals surface area (Å²) in [6.45, 7) is 3.72. The van der Waals surface area contributed by atoms with Gasteiger partial charge in [-0.05, 0) is 47.8 Å². The largest absolute Gasteiger partial charge is 0.393 e. The van der Waals surface area contributed by atoms with Gasteiger partial charge in [-0.15, -0.1) is 0 Å². The Hall–Kier alpha value is -0.390. The Labute approximate surface area is 102 Å². The third-order valence-corrected chi connectivity index (χ3v) is 2.55. The first kappa shape index (κ1) is 12.7. The molecule has 0 aliphatic carbocycles. The summed E-state index contributed by atoms with van der Waals surface area (Å²) in [6, 6.07) is 0.118. The molecule has 0 aliphatic heterocycles. The van der Waals surface area contributed by atoms with Crippen LogP contribution in [-0.2, 0) is 0 Å². The minimum Gasteiger partial charge on any atom is -0.393 e. The molecule has 0 spiro atoms. The molecule has 1 rings (SSSR count). The van der Waals surface area contributed by atoms with Gasteiger partial charge in [-0.2, -0.15) is 4.98 Å². The molecule has 0 radical (unpaired) electrons. The summed E-state index contributed by atoms with van der Waals surface area (Å²) in [4.78, 5) is 7.86. The Kier molecular flexibility index (Phi) is 4.76. The first-order valence-corrected chi connectivity index (χ1v) is 5.78. The Balaban J connectivity index is 2.67. The highest BCUT2D eigenvalue weighted by Crippen LogP contribution is 2.21. The van der Waals surface area contributed by atoms with Crippen LogP contribution in [0.1, 0.15) is 20.3 Å². The molecule has 2 unspecified atom stereocenters. The van der Waals surface area contributed by atoms with Gasteiger partial charge in [0.2, 0.25) is 5.28 Å². The molecule has 4 nitrogen and oxygen atoms in total. The monoisotopic (exact) mass is 293 g/mol. The molecule has 6 heteroatoms. The van der Waals surface area contributed by atoms with E-state index >= 15 is 0 Å². The van der Waals surface area contributed by atoms with Crippen LogP contribution in [0.3, 0.4) is 0 Å². The van der Waals surface area contributed by atoms with Gasteiger partial charge < -0.3 is 10.4 Å². The predicted octanol–water partition coefficient (Wildman–Crippen LogP) is 2.46. The van der Waals surface area contributed by atoms with Gasteiger partial charge in [-0.25, -0.2) is 4.98 Å². The number of nitrogens with zero attached hydrogens (tertiary/aromatic N) is 2. The molecule has 0 aliphatic rings. The van der Waals surface area contributed by atoms with Crippen LogP contribution in [-0.4, -0.2) is 27.2 Å². The quantitative estimate of drug-likeness (QED) is 0.838. The molecule has 0 fully saturated rings. The average molecular weight is 295 g/mol. The van der Waals surface area contributed by atoms with E-state index in [4.69, 9.17) is 11.6 Å². The van der Waals surface area contributed by atoms with Crippen molar-refractivity contribution in [1.82, 2.24) is 9.97 Å². The second kappa shape index (κ2) is 5.63. The number of hydrogen-bond donors (Lipinski definition) is 2. The molecule has 1 aromatic heterocycles. The zero-order valence-corrected chi connectivity index (χ0v) is 10.9. The van der Waals surface area contributed by atoms with Crippen molar-refractivity contribution in [3.63, 3.8) is 0 Å². The fourth-order valence-corrected chi connectivity index (χ4v) is 1.69. The smallest absolute Gasteiger partial charge is 0.224 e. The summed E-state index contributed by atoms with van der Waals surface area (Å²) < 4.78 is 0.754. The highest BCUT2D eigenvalue weighted by molar-refractivity contribution is 9.10. The predicted molar refractivity (Wildman–Crippen MR) is 64.1 cm³/mol. The number of aromatic nitrogens is 2. The maximum atomic E-state index is 9.21. The zero-order valence-electron chi connectivity index (χ0n) is 8.54. The van der Waals surface area contributed by atoms with Crippen LogP contribution in [0.15, 0.2) is 10.7 Å². The zero-order chi connectivity index (χ0) is 11.4. The lowest BCUT2D eigenvalue weighted by Gasteiger charge is -2.16. The molecule has 1 heterocycles.